The van der Waals surface area contributed by atoms with Crippen LogP contribution in [0.15, 0.2) is 53.6 Å². The van der Waals surface area contributed by atoms with Crippen molar-refractivity contribution >= 4 is 40.0 Å². The Kier molecular flexibility index (Phi) is 8.37. The zero-order valence-corrected chi connectivity index (χ0v) is 25.3. The van der Waals surface area contributed by atoms with E-state index in [1.165, 1.54) is 0 Å². The van der Waals surface area contributed by atoms with Gasteiger partial charge < -0.3 is 9.80 Å². The number of aryl methyl sites for hydroxylation is 1. The maximum Gasteiger partial charge on any atom is 0.261 e. The topological polar surface area (TPSA) is 78.8 Å². The van der Waals surface area contributed by atoms with Crippen LogP contribution in [-0.4, -0.2) is 69.4 Å². The predicted molar refractivity (Wildman–Crippen MR) is 166 cm³/mol. The van der Waals surface area contributed by atoms with Crippen molar-refractivity contribution in [2.45, 2.75) is 76.9 Å². The van der Waals surface area contributed by atoms with E-state index in [2.05, 4.69) is 9.88 Å². The summed E-state index contributed by atoms with van der Waals surface area (Å²) in [6.45, 7) is 6.36. The van der Waals surface area contributed by atoms with Gasteiger partial charge >= 0.3 is 0 Å². The minimum Gasteiger partial charge on any atom is -0.343 e. The summed E-state index contributed by atoms with van der Waals surface area (Å²) in [5.74, 6) is 0.104. The molecule has 3 fully saturated rings. The third-order valence-corrected chi connectivity index (χ3v) is 10.2. The predicted octanol–water partition coefficient (Wildman–Crippen LogP) is 5.21. The van der Waals surface area contributed by atoms with Crippen molar-refractivity contribution < 1.29 is 9.59 Å². The molecule has 3 aliphatic rings. The first-order valence-electron chi connectivity index (χ1n) is 15.3. The lowest BCUT2D eigenvalue weighted by Crippen LogP contribution is -2.47. The molecule has 2 aromatic carbocycles. The van der Waals surface area contributed by atoms with E-state index in [1.807, 2.05) is 63.8 Å². The van der Waals surface area contributed by atoms with Crippen LogP contribution in [-0.2, 0) is 9.59 Å². The second-order valence-corrected chi connectivity index (χ2v) is 12.7. The fraction of sp³-hybridized carbons (Fsp3) is 0.515. The van der Waals surface area contributed by atoms with Crippen molar-refractivity contribution in [1.82, 2.24) is 19.4 Å². The van der Waals surface area contributed by atoms with E-state index >= 15 is 0 Å². The number of amides is 2. The van der Waals surface area contributed by atoms with Gasteiger partial charge in [0.15, 0.2) is 0 Å². The Bertz CT molecular complexity index is 1520. The number of nitrogens with zero attached hydrogens (tertiary/aromatic N) is 5. The van der Waals surface area contributed by atoms with Crippen LogP contribution in [0.25, 0.3) is 10.9 Å². The minimum absolute atomic E-state index is 0.0542. The van der Waals surface area contributed by atoms with Gasteiger partial charge in [0, 0.05) is 67.9 Å². The number of carbonyl (C=O) groups excluding carboxylic acids is 2. The van der Waals surface area contributed by atoms with Gasteiger partial charge in [0.25, 0.3) is 5.56 Å². The van der Waals surface area contributed by atoms with Gasteiger partial charge in [0.05, 0.1) is 17.2 Å². The van der Waals surface area contributed by atoms with Crippen molar-refractivity contribution in [3.05, 3.63) is 69.7 Å². The molecule has 3 aliphatic heterocycles. The summed E-state index contributed by atoms with van der Waals surface area (Å²) in [6, 6.07) is 14.5. The molecular formula is C33H40ClN5O3. The van der Waals surface area contributed by atoms with Crippen molar-refractivity contribution in [2.24, 2.45) is 5.92 Å². The Hall–Kier alpha value is -3.23. The SMILES string of the molecule is CC(=O)N1CCC(C(=O)N(CCCN2C3CCC2CC(n2cnc4ccccc4c2=O)C3)c2ccc(C)c(Cl)c2)CC1. The molecule has 9 heteroatoms. The van der Waals surface area contributed by atoms with E-state index in [0.717, 1.165) is 55.4 Å². The van der Waals surface area contributed by atoms with Crippen LogP contribution >= 0.6 is 11.6 Å². The summed E-state index contributed by atoms with van der Waals surface area (Å²) in [7, 11) is 0. The average molecular weight is 590 g/mol. The van der Waals surface area contributed by atoms with Gasteiger partial charge in [-0.3, -0.25) is 23.9 Å². The average Bonchev–Trinajstić information content (AvgIpc) is 3.22. The van der Waals surface area contributed by atoms with Gasteiger partial charge in [-0.25, -0.2) is 4.98 Å². The highest BCUT2D eigenvalue weighted by atomic mass is 35.5. The number of rotatable bonds is 7. The first-order valence-corrected chi connectivity index (χ1v) is 15.7. The summed E-state index contributed by atoms with van der Waals surface area (Å²) in [6.07, 6.45) is 8.15. The molecule has 2 amide bonds. The quantitative estimate of drug-likeness (QED) is 0.378. The van der Waals surface area contributed by atoms with E-state index in [1.54, 1.807) is 13.3 Å². The lowest BCUT2D eigenvalue weighted by molar-refractivity contribution is -0.133. The summed E-state index contributed by atoms with van der Waals surface area (Å²) >= 11 is 6.49. The lowest BCUT2D eigenvalue weighted by Gasteiger charge is -2.40. The van der Waals surface area contributed by atoms with Crippen LogP contribution in [0.2, 0.25) is 5.02 Å². The van der Waals surface area contributed by atoms with Crippen LogP contribution in [0.4, 0.5) is 5.69 Å². The highest BCUT2D eigenvalue weighted by molar-refractivity contribution is 6.31. The molecule has 42 heavy (non-hydrogen) atoms. The Balaban J connectivity index is 1.12. The Morgan fingerprint density at radius 3 is 2.40 bits per heavy atom. The first kappa shape index (κ1) is 28.9. The molecule has 2 unspecified atom stereocenters. The molecule has 0 spiro atoms. The normalized spacial score (nSPS) is 22.9. The largest absolute Gasteiger partial charge is 0.343 e. The smallest absolute Gasteiger partial charge is 0.261 e. The van der Waals surface area contributed by atoms with E-state index in [0.29, 0.717) is 55.0 Å². The Labute approximate surface area is 252 Å². The van der Waals surface area contributed by atoms with Crippen LogP contribution in [0.5, 0.6) is 0 Å². The van der Waals surface area contributed by atoms with Gasteiger partial charge in [-0.1, -0.05) is 29.8 Å². The van der Waals surface area contributed by atoms with E-state index in [-0.39, 0.29) is 29.3 Å². The minimum atomic E-state index is -0.0959. The van der Waals surface area contributed by atoms with Gasteiger partial charge in [-0.2, -0.15) is 0 Å². The number of para-hydroxylation sites is 1. The van der Waals surface area contributed by atoms with Crippen LogP contribution in [0.1, 0.15) is 63.5 Å². The Morgan fingerprint density at radius 2 is 1.71 bits per heavy atom. The van der Waals surface area contributed by atoms with E-state index in [4.69, 9.17) is 11.6 Å². The molecule has 222 valence electrons. The highest BCUT2D eigenvalue weighted by Gasteiger charge is 2.41. The highest BCUT2D eigenvalue weighted by Crippen LogP contribution is 2.40. The molecule has 0 N–H and O–H groups in total. The molecule has 3 aromatic rings. The second kappa shape index (κ2) is 12.2. The summed E-state index contributed by atoms with van der Waals surface area (Å²) in [4.78, 5) is 49.9. The number of fused-ring (bicyclic) bond motifs is 3. The molecule has 3 saturated heterocycles. The third-order valence-electron chi connectivity index (χ3n) is 9.76. The van der Waals surface area contributed by atoms with Gasteiger partial charge in [-0.05, 0) is 81.7 Å². The molecule has 0 radical (unpaired) electrons. The third kappa shape index (κ3) is 5.71. The fourth-order valence-corrected chi connectivity index (χ4v) is 7.54. The molecular weight excluding hydrogens is 550 g/mol. The first-order chi connectivity index (χ1) is 20.3. The molecule has 6 rings (SSSR count). The number of halogens is 1. The number of carbonyl (C=O) groups is 2. The van der Waals surface area contributed by atoms with Crippen molar-refractivity contribution in [3.63, 3.8) is 0 Å². The molecule has 8 nitrogen and oxygen atoms in total. The maximum atomic E-state index is 13.8. The maximum absolute atomic E-state index is 13.8. The van der Waals surface area contributed by atoms with Crippen molar-refractivity contribution in [1.29, 1.82) is 0 Å². The van der Waals surface area contributed by atoms with Crippen molar-refractivity contribution in [3.8, 4) is 0 Å². The lowest BCUT2D eigenvalue weighted by atomic mass is 9.94. The Morgan fingerprint density at radius 1 is 1.00 bits per heavy atom. The fourth-order valence-electron chi connectivity index (χ4n) is 7.37. The molecule has 4 heterocycles. The van der Waals surface area contributed by atoms with Crippen LogP contribution in [0.3, 0.4) is 0 Å². The molecule has 0 aliphatic carbocycles. The summed E-state index contributed by atoms with van der Waals surface area (Å²) in [5.41, 5.74) is 2.63. The molecule has 0 saturated carbocycles. The van der Waals surface area contributed by atoms with E-state index < -0.39 is 0 Å². The van der Waals surface area contributed by atoms with Crippen LogP contribution < -0.4 is 10.5 Å². The monoisotopic (exact) mass is 589 g/mol. The zero-order chi connectivity index (χ0) is 29.4. The van der Waals surface area contributed by atoms with Crippen molar-refractivity contribution in [2.75, 3.05) is 31.1 Å². The summed E-state index contributed by atoms with van der Waals surface area (Å²) in [5, 5.41) is 1.35. The second-order valence-electron chi connectivity index (χ2n) is 12.3. The van der Waals surface area contributed by atoms with Gasteiger partial charge in [0.1, 0.15) is 0 Å². The molecule has 1 aromatic heterocycles. The number of aromatic nitrogens is 2. The summed E-state index contributed by atoms with van der Waals surface area (Å²) < 4.78 is 1.87. The molecule has 2 atom stereocenters. The number of likely N-dealkylation sites (tertiary alicyclic amines) is 1. The molecule has 2 bridgehead atoms. The number of piperidine rings is 2. The number of anilines is 1. The van der Waals surface area contributed by atoms with Gasteiger partial charge in [-0.15, -0.1) is 0 Å². The van der Waals surface area contributed by atoms with Crippen LogP contribution in [0, 0.1) is 12.8 Å². The zero-order valence-electron chi connectivity index (χ0n) is 24.5. The number of hydrogen-bond acceptors (Lipinski definition) is 5. The van der Waals surface area contributed by atoms with Gasteiger partial charge in [0.2, 0.25) is 11.8 Å². The van der Waals surface area contributed by atoms with E-state index in [9.17, 15) is 14.4 Å². The standard InChI is InChI=1S/C33H40ClN5O3/c1-22-8-9-27(20-30(22)34)38(32(41)24-12-16-36(17-13-24)23(2)40)15-5-14-37-25-10-11-26(37)19-28(18-25)39-21-35-31-7-4-3-6-29(31)33(39)42/h3-4,6-9,20-21,24-26,28H,5,10-19H2,1-2H3. The number of benzene rings is 2. The number of hydrogen-bond donors (Lipinski definition) is 0.